The zero-order valence-corrected chi connectivity index (χ0v) is 8.66. The van der Waals surface area contributed by atoms with Crippen LogP contribution in [0.15, 0.2) is 9.98 Å². The summed E-state index contributed by atoms with van der Waals surface area (Å²) in [6.07, 6.45) is 0. The molecule has 6 heteroatoms. The first-order valence-corrected chi connectivity index (χ1v) is 4.56. The number of guanidine groups is 2. The molecular weight excluding hydrogens is 182 g/mol. The van der Waals surface area contributed by atoms with Gasteiger partial charge in [-0.25, -0.2) is 0 Å². The molecule has 1 aliphatic rings. The number of nitrogens with zero attached hydrogens (tertiary/aromatic N) is 3. The van der Waals surface area contributed by atoms with E-state index in [1.807, 2.05) is 0 Å². The van der Waals surface area contributed by atoms with Crippen molar-refractivity contribution in [3.63, 3.8) is 0 Å². The number of nitrogens with one attached hydrogen (secondary N) is 1. The molecule has 6 nitrogen and oxygen atoms in total. The van der Waals surface area contributed by atoms with Gasteiger partial charge in [0, 0.05) is 27.2 Å². The molecule has 0 radical (unpaired) electrons. The summed E-state index contributed by atoms with van der Waals surface area (Å²) in [4.78, 5) is 10.0. The second-order valence-electron chi connectivity index (χ2n) is 2.88. The summed E-state index contributed by atoms with van der Waals surface area (Å²) >= 11 is 0. The number of hydrogen-bond donors (Lipinski definition) is 2. The van der Waals surface area contributed by atoms with Crippen LogP contribution in [0.3, 0.4) is 0 Å². The van der Waals surface area contributed by atoms with E-state index in [4.69, 9.17) is 10.5 Å². The molecule has 0 bridgehead atoms. The summed E-state index contributed by atoms with van der Waals surface area (Å²) in [7, 11) is 3.36. The summed E-state index contributed by atoms with van der Waals surface area (Å²) < 4.78 is 5.24. The van der Waals surface area contributed by atoms with Gasteiger partial charge in [0.1, 0.15) is 0 Å². The van der Waals surface area contributed by atoms with E-state index in [9.17, 15) is 0 Å². The monoisotopic (exact) mass is 199 g/mol. The maximum atomic E-state index is 5.56. The Labute approximate surface area is 83.8 Å². The fourth-order valence-corrected chi connectivity index (χ4v) is 1.22. The van der Waals surface area contributed by atoms with Crippen molar-refractivity contribution in [2.45, 2.75) is 0 Å². The van der Waals surface area contributed by atoms with Crippen molar-refractivity contribution in [3.05, 3.63) is 0 Å². The average Bonchev–Trinajstić information content (AvgIpc) is 2.26. The van der Waals surface area contributed by atoms with E-state index >= 15 is 0 Å². The Morgan fingerprint density at radius 3 is 2.43 bits per heavy atom. The molecule has 0 aliphatic carbocycles. The van der Waals surface area contributed by atoms with Gasteiger partial charge in [-0.3, -0.25) is 15.3 Å². The SMILES string of the molecule is CN=C(N)NC(=NC)N1CCOCC1. The number of aliphatic imine (C=N–C) groups is 2. The maximum absolute atomic E-state index is 5.56. The Balaban J connectivity index is 2.53. The first-order chi connectivity index (χ1) is 6.77. The molecule has 0 saturated carbocycles. The predicted molar refractivity (Wildman–Crippen MR) is 56.4 cm³/mol. The molecule has 1 heterocycles. The minimum atomic E-state index is 0.372. The third-order valence-electron chi connectivity index (χ3n) is 2.00. The summed E-state index contributed by atoms with van der Waals surface area (Å²) in [6, 6.07) is 0. The number of rotatable bonds is 0. The topological polar surface area (TPSA) is 75.2 Å². The normalized spacial score (nSPS) is 19.7. The fourth-order valence-electron chi connectivity index (χ4n) is 1.22. The van der Waals surface area contributed by atoms with Crippen LogP contribution in [0.2, 0.25) is 0 Å². The van der Waals surface area contributed by atoms with Crippen molar-refractivity contribution >= 4 is 11.9 Å². The zero-order chi connectivity index (χ0) is 10.4. The molecule has 0 aromatic heterocycles. The number of morpholine rings is 1. The number of ether oxygens (including phenoxy) is 1. The van der Waals surface area contributed by atoms with Gasteiger partial charge in [0.15, 0.2) is 5.96 Å². The third-order valence-corrected chi connectivity index (χ3v) is 2.00. The first kappa shape index (κ1) is 10.8. The van der Waals surface area contributed by atoms with E-state index < -0.39 is 0 Å². The van der Waals surface area contributed by atoms with Gasteiger partial charge in [-0.05, 0) is 0 Å². The highest BCUT2D eigenvalue weighted by atomic mass is 16.5. The van der Waals surface area contributed by atoms with Gasteiger partial charge in [-0.15, -0.1) is 0 Å². The Bertz CT molecular complexity index is 232. The van der Waals surface area contributed by atoms with Crippen LogP contribution in [0.5, 0.6) is 0 Å². The predicted octanol–water partition coefficient (Wildman–Crippen LogP) is -1.16. The largest absolute Gasteiger partial charge is 0.378 e. The highest BCUT2D eigenvalue weighted by Gasteiger charge is 2.14. The molecule has 1 saturated heterocycles. The van der Waals surface area contributed by atoms with Crippen LogP contribution in [0.25, 0.3) is 0 Å². The Kier molecular flexibility index (Phi) is 4.18. The van der Waals surface area contributed by atoms with Crippen LogP contribution in [0.1, 0.15) is 0 Å². The summed E-state index contributed by atoms with van der Waals surface area (Å²) in [5, 5.41) is 2.93. The molecule has 1 rings (SSSR count). The van der Waals surface area contributed by atoms with E-state index in [2.05, 4.69) is 20.2 Å². The van der Waals surface area contributed by atoms with Gasteiger partial charge in [-0.2, -0.15) is 0 Å². The fraction of sp³-hybridized carbons (Fsp3) is 0.750. The van der Waals surface area contributed by atoms with E-state index in [-0.39, 0.29) is 0 Å². The highest BCUT2D eigenvalue weighted by Crippen LogP contribution is 1.96. The molecule has 14 heavy (non-hydrogen) atoms. The Morgan fingerprint density at radius 2 is 1.93 bits per heavy atom. The van der Waals surface area contributed by atoms with Crippen molar-refractivity contribution in [2.75, 3.05) is 40.4 Å². The molecule has 0 spiro atoms. The maximum Gasteiger partial charge on any atom is 0.200 e. The average molecular weight is 199 g/mol. The second kappa shape index (κ2) is 5.43. The second-order valence-corrected chi connectivity index (χ2v) is 2.88. The van der Waals surface area contributed by atoms with Crippen LogP contribution < -0.4 is 11.1 Å². The molecule has 0 aromatic carbocycles. The van der Waals surface area contributed by atoms with Crippen LogP contribution in [0, 0.1) is 0 Å². The quantitative estimate of drug-likeness (QED) is 0.381. The highest BCUT2D eigenvalue weighted by molar-refractivity contribution is 5.97. The molecule has 0 aromatic rings. The van der Waals surface area contributed by atoms with Crippen molar-refractivity contribution in [3.8, 4) is 0 Å². The first-order valence-electron chi connectivity index (χ1n) is 4.56. The van der Waals surface area contributed by atoms with Crippen LogP contribution >= 0.6 is 0 Å². The van der Waals surface area contributed by atoms with Crippen molar-refractivity contribution in [1.29, 1.82) is 0 Å². The van der Waals surface area contributed by atoms with Gasteiger partial charge >= 0.3 is 0 Å². The van der Waals surface area contributed by atoms with Gasteiger partial charge in [0.05, 0.1) is 13.2 Å². The molecule has 0 amide bonds. The lowest BCUT2D eigenvalue weighted by Gasteiger charge is -2.29. The zero-order valence-electron chi connectivity index (χ0n) is 8.66. The van der Waals surface area contributed by atoms with Gasteiger partial charge in [0.2, 0.25) is 5.96 Å². The van der Waals surface area contributed by atoms with Gasteiger partial charge in [0.25, 0.3) is 0 Å². The van der Waals surface area contributed by atoms with E-state index in [1.54, 1.807) is 14.1 Å². The number of nitrogens with two attached hydrogens (primary N) is 1. The van der Waals surface area contributed by atoms with Crippen LogP contribution in [0.4, 0.5) is 0 Å². The Hall–Kier alpha value is -1.30. The van der Waals surface area contributed by atoms with E-state index in [0.717, 1.165) is 32.3 Å². The van der Waals surface area contributed by atoms with Crippen molar-refractivity contribution < 1.29 is 4.74 Å². The lowest BCUT2D eigenvalue weighted by molar-refractivity contribution is 0.0670. The van der Waals surface area contributed by atoms with Crippen molar-refractivity contribution in [1.82, 2.24) is 10.2 Å². The van der Waals surface area contributed by atoms with Gasteiger partial charge < -0.3 is 15.4 Å². The lowest BCUT2D eigenvalue weighted by Crippen LogP contribution is -2.50. The van der Waals surface area contributed by atoms with Crippen molar-refractivity contribution in [2.24, 2.45) is 15.7 Å². The minimum absolute atomic E-state index is 0.372. The summed E-state index contributed by atoms with van der Waals surface area (Å²) in [5.41, 5.74) is 5.56. The molecule has 0 atom stereocenters. The molecule has 1 fully saturated rings. The van der Waals surface area contributed by atoms with E-state index in [1.165, 1.54) is 0 Å². The smallest absolute Gasteiger partial charge is 0.200 e. The molecule has 3 N–H and O–H groups in total. The summed E-state index contributed by atoms with van der Waals surface area (Å²) in [6.45, 7) is 3.11. The summed E-state index contributed by atoms with van der Waals surface area (Å²) in [5.74, 6) is 1.12. The molecule has 0 unspecified atom stereocenters. The molecular formula is C8H17N5O. The molecule has 80 valence electrons. The van der Waals surface area contributed by atoms with Gasteiger partial charge in [-0.1, -0.05) is 0 Å². The minimum Gasteiger partial charge on any atom is -0.378 e. The standard InChI is InChI=1S/C8H17N5O/c1-10-7(9)12-8(11-2)13-3-5-14-6-4-13/h3-6H2,1-2H3,(H3,9,10,11,12). The van der Waals surface area contributed by atoms with Crippen LogP contribution in [-0.4, -0.2) is 57.2 Å². The van der Waals surface area contributed by atoms with Crippen LogP contribution in [-0.2, 0) is 4.74 Å². The number of hydrogen-bond acceptors (Lipinski definition) is 3. The Morgan fingerprint density at radius 1 is 1.29 bits per heavy atom. The van der Waals surface area contributed by atoms with E-state index in [0.29, 0.717) is 5.96 Å². The lowest BCUT2D eigenvalue weighted by atomic mass is 10.4. The third kappa shape index (κ3) is 2.88. The molecule has 1 aliphatic heterocycles.